The predicted octanol–water partition coefficient (Wildman–Crippen LogP) is 0.687. The van der Waals surface area contributed by atoms with Crippen LogP contribution >= 0.6 is 0 Å². The molecule has 0 aliphatic rings. The van der Waals surface area contributed by atoms with Crippen molar-refractivity contribution in [2.75, 3.05) is 5.73 Å². The van der Waals surface area contributed by atoms with Gasteiger partial charge in [-0.1, -0.05) is 0 Å². The molecule has 0 spiro atoms. The molecule has 112 valence electrons. The molecule has 1 heterocycles. The van der Waals surface area contributed by atoms with Gasteiger partial charge in [-0.3, -0.25) is 15.2 Å². The van der Waals surface area contributed by atoms with Crippen molar-refractivity contribution >= 4 is 21.4 Å². The molecule has 0 saturated heterocycles. The molecule has 0 aliphatic heterocycles. The number of aromatic nitrogens is 2. The predicted molar refractivity (Wildman–Crippen MR) is 74.9 cm³/mol. The average Bonchev–Trinajstić information content (AvgIpc) is 2.88. The number of nitro groups is 1. The molecule has 2 aromatic rings. The number of nitrogens with two attached hydrogens (primary N) is 1. The van der Waals surface area contributed by atoms with Crippen molar-refractivity contribution in [3.05, 3.63) is 45.8 Å². The van der Waals surface area contributed by atoms with Crippen LogP contribution in [0.2, 0.25) is 0 Å². The van der Waals surface area contributed by atoms with Crippen LogP contribution in [0.1, 0.15) is 11.1 Å². The first kappa shape index (κ1) is 14.9. The number of rotatable bonds is 5. The summed E-state index contributed by atoms with van der Waals surface area (Å²) in [5, 5.41) is 17.1. The Morgan fingerprint density at radius 3 is 2.76 bits per heavy atom. The third-order valence-corrected chi connectivity index (χ3v) is 4.37. The summed E-state index contributed by atoms with van der Waals surface area (Å²) in [5.74, 6) is 0. The zero-order valence-electron chi connectivity index (χ0n) is 11.0. The highest BCUT2D eigenvalue weighted by molar-refractivity contribution is 7.89. The van der Waals surface area contributed by atoms with Gasteiger partial charge in [-0.2, -0.15) is 5.10 Å². The second kappa shape index (κ2) is 5.50. The van der Waals surface area contributed by atoms with Crippen LogP contribution in [0.25, 0.3) is 0 Å². The molecule has 10 heteroatoms. The highest BCUT2D eigenvalue weighted by Crippen LogP contribution is 2.28. The third kappa shape index (κ3) is 3.17. The molecule has 21 heavy (non-hydrogen) atoms. The number of nitrogens with zero attached hydrogens (tertiary/aromatic N) is 2. The average molecular weight is 311 g/mol. The SMILES string of the molecule is Cc1cc(N)c([N+](=O)[O-])cc1S(=O)(=O)NCc1cn[nH]c1. The van der Waals surface area contributed by atoms with Crippen molar-refractivity contribution < 1.29 is 13.3 Å². The van der Waals surface area contributed by atoms with Crippen molar-refractivity contribution in [2.24, 2.45) is 0 Å². The van der Waals surface area contributed by atoms with Gasteiger partial charge in [0.15, 0.2) is 0 Å². The molecule has 0 unspecified atom stereocenters. The molecule has 0 bridgehead atoms. The zero-order valence-corrected chi connectivity index (χ0v) is 11.8. The molecular weight excluding hydrogens is 298 g/mol. The lowest BCUT2D eigenvalue weighted by Crippen LogP contribution is -2.24. The second-order valence-electron chi connectivity index (χ2n) is 4.36. The summed E-state index contributed by atoms with van der Waals surface area (Å²) in [5.41, 5.74) is 5.97. The van der Waals surface area contributed by atoms with Gasteiger partial charge in [0.1, 0.15) is 5.69 Å². The van der Waals surface area contributed by atoms with E-state index in [-0.39, 0.29) is 17.1 Å². The smallest absolute Gasteiger partial charge is 0.293 e. The van der Waals surface area contributed by atoms with Crippen molar-refractivity contribution in [3.63, 3.8) is 0 Å². The number of nitrogens with one attached hydrogen (secondary N) is 2. The molecule has 0 atom stereocenters. The van der Waals surface area contributed by atoms with Crippen molar-refractivity contribution in [3.8, 4) is 0 Å². The molecule has 0 radical (unpaired) electrons. The van der Waals surface area contributed by atoms with Gasteiger partial charge in [-0.05, 0) is 18.6 Å². The Morgan fingerprint density at radius 2 is 2.19 bits per heavy atom. The van der Waals surface area contributed by atoms with Crippen LogP contribution in [0.4, 0.5) is 11.4 Å². The minimum atomic E-state index is -3.89. The van der Waals surface area contributed by atoms with E-state index in [9.17, 15) is 18.5 Å². The standard InChI is InChI=1S/C11H13N5O4S/c1-7-2-9(12)10(16(17)18)3-11(7)21(19,20)15-6-8-4-13-14-5-8/h2-5,15H,6,12H2,1H3,(H,13,14). The van der Waals surface area contributed by atoms with Crippen molar-refractivity contribution in [2.45, 2.75) is 18.4 Å². The number of H-pyrrole nitrogens is 1. The number of anilines is 1. The van der Waals surface area contributed by atoms with Gasteiger partial charge < -0.3 is 5.73 Å². The summed E-state index contributed by atoms with van der Waals surface area (Å²) < 4.78 is 26.8. The largest absolute Gasteiger partial charge is 0.393 e. The van der Waals surface area contributed by atoms with Gasteiger partial charge in [0.2, 0.25) is 10.0 Å². The van der Waals surface area contributed by atoms with E-state index < -0.39 is 20.6 Å². The summed E-state index contributed by atoms with van der Waals surface area (Å²) in [6.07, 6.45) is 3.02. The number of hydrogen-bond donors (Lipinski definition) is 3. The molecule has 4 N–H and O–H groups in total. The Bertz CT molecular complexity index is 770. The van der Waals surface area contributed by atoms with E-state index in [1.807, 2.05) is 0 Å². The lowest BCUT2D eigenvalue weighted by Gasteiger charge is -2.09. The number of benzene rings is 1. The van der Waals surface area contributed by atoms with Gasteiger partial charge in [0.25, 0.3) is 5.69 Å². The molecule has 1 aromatic carbocycles. The number of aromatic amines is 1. The Kier molecular flexibility index (Phi) is 3.91. The van der Waals surface area contributed by atoms with E-state index in [1.165, 1.54) is 19.2 Å². The maximum absolute atomic E-state index is 12.2. The molecule has 9 nitrogen and oxygen atoms in total. The quantitative estimate of drug-likeness (QED) is 0.421. The number of hydrogen-bond acceptors (Lipinski definition) is 6. The molecule has 0 fully saturated rings. The van der Waals surface area contributed by atoms with E-state index in [0.29, 0.717) is 11.1 Å². The summed E-state index contributed by atoms with van der Waals surface area (Å²) in [6.45, 7) is 1.54. The summed E-state index contributed by atoms with van der Waals surface area (Å²) in [7, 11) is -3.89. The van der Waals surface area contributed by atoms with E-state index in [4.69, 9.17) is 5.73 Å². The molecule has 0 aliphatic carbocycles. The summed E-state index contributed by atoms with van der Waals surface area (Å²) in [6, 6.07) is 2.23. The van der Waals surface area contributed by atoms with E-state index >= 15 is 0 Å². The van der Waals surface area contributed by atoms with Gasteiger partial charge >= 0.3 is 0 Å². The van der Waals surface area contributed by atoms with Crippen LogP contribution in [0.5, 0.6) is 0 Å². The molecular formula is C11H13N5O4S. The Labute approximate surface area is 120 Å². The van der Waals surface area contributed by atoms with Crippen LogP contribution < -0.4 is 10.5 Å². The molecule has 0 amide bonds. The number of nitrogen functional groups attached to an aromatic ring is 1. The number of sulfonamides is 1. The minimum absolute atomic E-state index is 0.0243. The lowest BCUT2D eigenvalue weighted by atomic mass is 10.2. The maximum Gasteiger partial charge on any atom is 0.293 e. The normalized spacial score (nSPS) is 11.5. The third-order valence-electron chi connectivity index (χ3n) is 2.83. The zero-order chi connectivity index (χ0) is 15.6. The fourth-order valence-electron chi connectivity index (χ4n) is 1.78. The van der Waals surface area contributed by atoms with Gasteiger partial charge in [-0.25, -0.2) is 13.1 Å². The van der Waals surface area contributed by atoms with E-state index in [0.717, 1.165) is 6.07 Å². The number of aryl methyl sites for hydroxylation is 1. The minimum Gasteiger partial charge on any atom is -0.393 e. The van der Waals surface area contributed by atoms with Crippen LogP contribution in [0, 0.1) is 17.0 Å². The van der Waals surface area contributed by atoms with Crippen molar-refractivity contribution in [1.29, 1.82) is 0 Å². The van der Waals surface area contributed by atoms with Crippen LogP contribution in [0.15, 0.2) is 29.4 Å². The Morgan fingerprint density at radius 1 is 1.48 bits per heavy atom. The summed E-state index contributed by atoms with van der Waals surface area (Å²) >= 11 is 0. The second-order valence-corrected chi connectivity index (χ2v) is 6.10. The highest BCUT2D eigenvalue weighted by atomic mass is 32.2. The fraction of sp³-hybridized carbons (Fsp3) is 0.182. The monoisotopic (exact) mass is 311 g/mol. The fourth-order valence-corrected chi connectivity index (χ4v) is 3.04. The highest BCUT2D eigenvalue weighted by Gasteiger charge is 2.23. The first-order chi connectivity index (χ1) is 9.81. The molecule has 0 saturated carbocycles. The molecule has 2 rings (SSSR count). The topological polar surface area (TPSA) is 144 Å². The molecule has 1 aromatic heterocycles. The van der Waals surface area contributed by atoms with Crippen LogP contribution in [-0.2, 0) is 16.6 Å². The van der Waals surface area contributed by atoms with Crippen LogP contribution in [0.3, 0.4) is 0 Å². The first-order valence-electron chi connectivity index (χ1n) is 5.83. The van der Waals surface area contributed by atoms with E-state index in [2.05, 4.69) is 14.9 Å². The van der Waals surface area contributed by atoms with Gasteiger partial charge in [0, 0.05) is 24.4 Å². The maximum atomic E-state index is 12.2. The van der Waals surface area contributed by atoms with Gasteiger partial charge in [0.05, 0.1) is 16.0 Å². The lowest BCUT2D eigenvalue weighted by molar-refractivity contribution is -0.384. The van der Waals surface area contributed by atoms with Crippen LogP contribution in [-0.4, -0.2) is 23.5 Å². The Balaban J connectivity index is 2.35. The Hall–Kier alpha value is -2.46. The van der Waals surface area contributed by atoms with Crippen molar-refractivity contribution in [1.82, 2.24) is 14.9 Å². The van der Waals surface area contributed by atoms with E-state index in [1.54, 1.807) is 6.20 Å². The number of nitro benzene ring substituents is 1. The summed E-state index contributed by atoms with van der Waals surface area (Å²) in [4.78, 5) is 9.96. The van der Waals surface area contributed by atoms with Gasteiger partial charge in [-0.15, -0.1) is 0 Å². The first-order valence-corrected chi connectivity index (χ1v) is 7.31.